The summed E-state index contributed by atoms with van der Waals surface area (Å²) >= 11 is 1.97. The topological polar surface area (TPSA) is 56.3 Å². The first-order valence-corrected chi connectivity index (χ1v) is 7.80. The molecule has 0 atom stereocenters. The number of ether oxygens (including phenoxy) is 2. The number of nitrogens with zero attached hydrogens (tertiary/aromatic N) is 2. The second-order valence-corrected chi connectivity index (χ2v) is 5.77. The van der Waals surface area contributed by atoms with E-state index in [-0.39, 0.29) is 0 Å². The lowest BCUT2D eigenvalue weighted by Crippen LogP contribution is -2.27. The number of hydrogen-bond acceptors (Lipinski definition) is 6. The first-order chi connectivity index (χ1) is 9.25. The first-order valence-electron chi connectivity index (χ1n) is 6.51. The Labute approximate surface area is 118 Å². The van der Waals surface area contributed by atoms with Gasteiger partial charge in [-0.25, -0.2) is 0 Å². The number of methoxy groups -OCH3 is 2. The summed E-state index contributed by atoms with van der Waals surface area (Å²) in [7, 11) is 3.18. The third kappa shape index (κ3) is 3.89. The molecule has 0 radical (unpaired) electrons. The van der Waals surface area contributed by atoms with Gasteiger partial charge in [0.05, 0.1) is 20.3 Å². The van der Waals surface area contributed by atoms with Crippen molar-refractivity contribution in [2.24, 2.45) is 0 Å². The van der Waals surface area contributed by atoms with Crippen molar-refractivity contribution >= 4 is 17.7 Å². The second-order valence-electron chi connectivity index (χ2n) is 4.63. The summed E-state index contributed by atoms with van der Waals surface area (Å²) < 4.78 is 10.3. The highest BCUT2D eigenvalue weighted by Crippen LogP contribution is 2.28. The molecule has 1 aromatic rings. The van der Waals surface area contributed by atoms with Crippen LogP contribution in [0.5, 0.6) is 11.8 Å². The van der Waals surface area contributed by atoms with Crippen molar-refractivity contribution in [3.63, 3.8) is 0 Å². The number of hydrogen-bond donors (Lipinski definition) is 1. The van der Waals surface area contributed by atoms with Gasteiger partial charge in [0, 0.05) is 11.3 Å². The largest absolute Gasteiger partial charge is 0.481 e. The summed E-state index contributed by atoms with van der Waals surface area (Å²) in [6.07, 6.45) is 7.01. The average molecular weight is 283 g/mol. The van der Waals surface area contributed by atoms with E-state index in [4.69, 9.17) is 9.47 Å². The summed E-state index contributed by atoms with van der Waals surface area (Å²) in [5.41, 5.74) is 0. The van der Waals surface area contributed by atoms with Crippen LogP contribution < -0.4 is 14.8 Å². The van der Waals surface area contributed by atoms with E-state index in [0.717, 1.165) is 18.1 Å². The smallest absolute Gasteiger partial charge is 0.229 e. The SMILES string of the molecule is COc1cc(OC)nc(NC2CCC(SC)CC2)n1. The van der Waals surface area contributed by atoms with Gasteiger partial charge in [-0.3, -0.25) is 0 Å². The Morgan fingerprint density at radius 2 is 1.68 bits per heavy atom. The number of aromatic nitrogens is 2. The zero-order valence-corrected chi connectivity index (χ0v) is 12.5. The molecule has 106 valence electrons. The minimum absolute atomic E-state index is 0.445. The Morgan fingerprint density at radius 3 is 2.16 bits per heavy atom. The summed E-state index contributed by atoms with van der Waals surface area (Å²) in [6.45, 7) is 0. The molecule has 1 aliphatic rings. The van der Waals surface area contributed by atoms with E-state index in [1.54, 1.807) is 20.3 Å². The fraction of sp³-hybridized carbons (Fsp3) is 0.692. The maximum absolute atomic E-state index is 5.15. The van der Waals surface area contributed by atoms with Gasteiger partial charge in [-0.1, -0.05) is 0 Å². The summed E-state index contributed by atoms with van der Waals surface area (Å²) in [6, 6.07) is 2.12. The van der Waals surface area contributed by atoms with Crippen LogP contribution in [0.2, 0.25) is 0 Å². The van der Waals surface area contributed by atoms with E-state index in [9.17, 15) is 0 Å². The maximum atomic E-state index is 5.15. The van der Waals surface area contributed by atoms with Gasteiger partial charge in [-0.15, -0.1) is 0 Å². The Morgan fingerprint density at radius 1 is 1.11 bits per heavy atom. The van der Waals surface area contributed by atoms with E-state index in [1.165, 1.54) is 12.8 Å². The quantitative estimate of drug-likeness (QED) is 0.896. The highest BCUT2D eigenvalue weighted by atomic mass is 32.2. The van der Waals surface area contributed by atoms with E-state index in [2.05, 4.69) is 21.5 Å². The number of rotatable bonds is 5. The van der Waals surface area contributed by atoms with Crippen molar-refractivity contribution in [1.82, 2.24) is 9.97 Å². The van der Waals surface area contributed by atoms with Crippen molar-refractivity contribution < 1.29 is 9.47 Å². The molecule has 1 heterocycles. The standard InChI is InChI=1S/C13H21N3O2S/c1-17-11-8-12(18-2)16-13(15-11)14-9-4-6-10(19-3)7-5-9/h8-10H,4-7H2,1-3H3,(H,14,15,16). The Balaban J connectivity index is 1.99. The predicted molar refractivity (Wildman–Crippen MR) is 78.3 cm³/mol. The molecule has 1 N–H and O–H groups in total. The molecule has 1 fully saturated rings. The van der Waals surface area contributed by atoms with Crippen LogP contribution in [0.4, 0.5) is 5.95 Å². The molecule has 1 aliphatic carbocycles. The lowest BCUT2D eigenvalue weighted by Gasteiger charge is -2.28. The van der Waals surface area contributed by atoms with Gasteiger partial charge in [0.25, 0.3) is 0 Å². The highest BCUT2D eigenvalue weighted by Gasteiger charge is 2.21. The van der Waals surface area contributed by atoms with Gasteiger partial charge < -0.3 is 14.8 Å². The van der Waals surface area contributed by atoms with Crippen LogP contribution in [0.3, 0.4) is 0 Å². The number of thioether (sulfide) groups is 1. The zero-order valence-electron chi connectivity index (χ0n) is 11.7. The van der Waals surface area contributed by atoms with Gasteiger partial charge in [-0.2, -0.15) is 21.7 Å². The molecule has 5 nitrogen and oxygen atoms in total. The molecule has 0 aliphatic heterocycles. The van der Waals surface area contributed by atoms with Crippen LogP contribution in [0.1, 0.15) is 25.7 Å². The lowest BCUT2D eigenvalue weighted by atomic mass is 9.95. The Hall–Kier alpha value is -1.17. The number of anilines is 1. The molecular weight excluding hydrogens is 262 g/mol. The molecule has 0 amide bonds. The number of nitrogens with one attached hydrogen (secondary N) is 1. The fourth-order valence-electron chi connectivity index (χ4n) is 2.30. The van der Waals surface area contributed by atoms with Crippen LogP contribution in [0, 0.1) is 0 Å². The third-order valence-electron chi connectivity index (χ3n) is 3.44. The van der Waals surface area contributed by atoms with E-state index < -0.39 is 0 Å². The molecule has 0 unspecified atom stereocenters. The second kappa shape index (κ2) is 6.84. The van der Waals surface area contributed by atoms with Crippen LogP contribution >= 0.6 is 11.8 Å². The maximum Gasteiger partial charge on any atom is 0.229 e. The molecule has 0 aromatic carbocycles. The van der Waals surface area contributed by atoms with Crippen molar-refractivity contribution in [2.45, 2.75) is 37.0 Å². The van der Waals surface area contributed by atoms with Gasteiger partial charge >= 0.3 is 0 Å². The van der Waals surface area contributed by atoms with Crippen LogP contribution in [-0.4, -0.2) is 41.7 Å². The minimum atomic E-state index is 0.445. The summed E-state index contributed by atoms with van der Waals surface area (Å²) in [4.78, 5) is 8.61. The fourth-order valence-corrected chi connectivity index (χ4v) is 3.05. The molecule has 0 spiro atoms. The van der Waals surface area contributed by atoms with Gasteiger partial charge in [-0.05, 0) is 31.9 Å². The van der Waals surface area contributed by atoms with E-state index >= 15 is 0 Å². The zero-order chi connectivity index (χ0) is 13.7. The van der Waals surface area contributed by atoms with Gasteiger partial charge in [0.2, 0.25) is 17.7 Å². The highest BCUT2D eigenvalue weighted by molar-refractivity contribution is 7.99. The molecule has 1 aromatic heterocycles. The monoisotopic (exact) mass is 283 g/mol. The molecular formula is C13H21N3O2S. The van der Waals surface area contributed by atoms with Crippen LogP contribution in [-0.2, 0) is 0 Å². The van der Waals surface area contributed by atoms with Crippen LogP contribution in [0.25, 0.3) is 0 Å². The molecule has 2 rings (SSSR count). The van der Waals surface area contributed by atoms with E-state index in [1.807, 2.05) is 11.8 Å². The Bertz CT molecular complexity index is 387. The average Bonchev–Trinajstić information content (AvgIpc) is 2.47. The summed E-state index contributed by atoms with van der Waals surface area (Å²) in [5, 5.41) is 4.19. The summed E-state index contributed by atoms with van der Waals surface area (Å²) in [5.74, 6) is 1.63. The normalized spacial score (nSPS) is 22.9. The predicted octanol–water partition coefficient (Wildman–Crippen LogP) is 2.58. The molecule has 19 heavy (non-hydrogen) atoms. The molecule has 0 bridgehead atoms. The van der Waals surface area contributed by atoms with Crippen molar-refractivity contribution in [1.29, 1.82) is 0 Å². The first kappa shape index (κ1) is 14.2. The van der Waals surface area contributed by atoms with Crippen LogP contribution in [0.15, 0.2) is 6.07 Å². The Kier molecular flexibility index (Phi) is 5.13. The lowest BCUT2D eigenvalue weighted by molar-refractivity contribution is 0.372. The van der Waals surface area contributed by atoms with Crippen molar-refractivity contribution in [3.8, 4) is 11.8 Å². The van der Waals surface area contributed by atoms with Gasteiger partial charge in [0.15, 0.2) is 0 Å². The molecule has 6 heteroatoms. The third-order valence-corrected chi connectivity index (χ3v) is 4.58. The van der Waals surface area contributed by atoms with Crippen molar-refractivity contribution in [2.75, 3.05) is 25.8 Å². The molecule has 0 saturated heterocycles. The molecule has 1 saturated carbocycles. The van der Waals surface area contributed by atoms with Gasteiger partial charge in [0.1, 0.15) is 0 Å². The van der Waals surface area contributed by atoms with Crippen molar-refractivity contribution in [3.05, 3.63) is 6.07 Å². The van der Waals surface area contributed by atoms with E-state index in [0.29, 0.717) is 23.8 Å². The minimum Gasteiger partial charge on any atom is -0.481 e.